The summed E-state index contributed by atoms with van der Waals surface area (Å²) in [7, 11) is 0. The van der Waals surface area contributed by atoms with Crippen LogP contribution in [0.5, 0.6) is 11.5 Å². The number of rotatable bonds is 13. The van der Waals surface area contributed by atoms with Crippen molar-refractivity contribution in [1.82, 2.24) is 10.6 Å². The molecule has 0 unspecified atom stereocenters. The molecule has 2 N–H and O–H groups in total. The van der Waals surface area contributed by atoms with Crippen LogP contribution in [0.2, 0.25) is 0 Å². The first-order chi connectivity index (χ1) is 13.1. The van der Waals surface area contributed by atoms with E-state index in [1.54, 1.807) is 19.1 Å². The number of nitrogens with one attached hydrogen (secondary N) is 2. The zero-order chi connectivity index (χ0) is 19.9. The molecule has 1 aromatic carbocycles. The quantitative estimate of drug-likeness (QED) is 0.308. The predicted octanol–water partition coefficient (Wildman–Crippen LogP) is 3.56. The standard InChI is InChI=1S/C19H31F2N3O3/c1-4-22-19(23-11-7-8-12-25-5-2)24-14-15-9-10-16(27-18(20)21)17(13-15)26-6-3/h9-10,13,18H,4-8,11-12,14H2,1-3H3,(H2,22,23,24). The molecule has 0 atom stereocenters. The van der Waals surface area contributed by atoms with Crippen LogP contribution in [0.1, 0.15) is 39.2 Å². The summed E-state index contributed by atoms with van der Waals surface area (Å²) in [6.07, 6.45) is 1.97. The minimum Gasteiger partial charge on any atom is -0.490 e. The van der Waals surface area contributed by atoms with Gasteiger partial charge in [0.2, 0.25) is 0 Å². The lowest BCUT2D eigenvalue weighted by Gasteiger charge is -2.13. The van der Waals surface area contributed by atoms with Crippen LogP contribution in [0.25, 0.3) is 0 Å². The van der Waals surface area contributed by atoms with E-state index in [0.29, 0.717) is 24.9 Å². The predicted molar refractivity (Wildman–Crippen MR) is 103 cm³/mol. The Hall–Kier alpha value is -2.09. The number of unbranched alkanes of at least 4 members (excludes halogenated alkanes) is 1. The van der Waals surface area contributed by atoms with Crippen molar-refractivity contribution in [2.45, 2.75) is 46.8 Å². The van der Waals surface area contributed by atoms with E-state index in [4.69, 9.17) is 9.47 Å². The maximum atomic E-state index is 12.5. The number of benzene rings is 1. The Morgan fingerprint density at radius 2 is 1.89 bits per heavy atom. The van der Waals surface area contributed by atoms with Crippen molar-refractivity contribution in [2.75, 3.05) is 32.9 Å². The highest BCUT2D eigenvalue weighted by Crippen LogP contribution is 2.30. The van der Waals surface area contributed by atoms with Gasteiger partial charge in [-0.25, -0.2) is 4.99 Å². The highest BCUT2D eigenvalue weighted by Gasteiger charge is 2.11. The van der Waals surface area contributed by atoms with Crippen molar-refractivity contribution in [3.8, 4) is 11.5 Å². The van der Waals surface area contributed by atoms with Gasteiger partial charge in [-0.3, -0.25) is 0 Å². The molecule has 0 bridgehead atoms. The molecule has 8 heteroatoms. The van der Waals surface area contributed by atoms with E-state index in [1.807, 2.05) is 13.8 Å². The molecule has 0 saturated heterocycles. The van der Waals surface area contributed by atoms with Gasteiger partial charge in [0.15, 0.2) is 17.5 Å². The highest BCUT2D eigenvalue weighted by atomic mass is 19.3. The van der Waals surface area contributed by atoms with Crippen LogP contribution in [0.3, 0.4) is 0 Å². The summed E-state index contributed by atoms with van der Waals surface area (Å²) >= 11 is 0. The van der Waals surface area contributed by atoms with Crippen LogP contribution in [-0.2, 0) is 11.3 Å². The van der Waals surface area contributed by atoms with E-state index in [1.165, 1.54) is 6.07 Å². The number of ether oxygens (including phenoxy) is 3. The lowest BCUT2D eigenvalue weighted by Crippen LogP contribution is -2.37. The fourth-order valence-corrected chi connectivity index (χ4v) is 2.30. The number of hydrogen-bond donors (Lipinski definition) is 2. The SMILES string of the molecule is CCNC(=NCc1ccc(OC(F)F)c(OCC)c1)NCCCCOCC. The molecule has 0 amide bonds. The first kappa shape index (κ1) is 23.0. The minimum atomic E-state index is -2.89. The van der Waals surface area contributed by atoms with Crippen molar-refractivity contribution >= 4 is 5.96 Å². The number of alkyl halides is 2. The van der Waals surface area contributed by atoms with Crippen molar-refractivity contribution in [2.24, 2.45) is 4.99 Å². The van der Waals surface area contributed by atoms with Crippen LogP contribution in [0, 0.1) is 0 Å². The van der Waals surface area contributed by atoms with E-state index >= 15 is 0 Å². The normalized spacial score (nSPS) is 11.6. The summed E-state index contributed by atoms with van der Waals surface area (Å²) in [5.74, 6) is 1.03. The molecule has 154 valence electrons. The van der Waals surface area contributed by atoms with Crippen LogP contribution in [-0.4, -0.2) is 45.5 Å². The monoisotopic (exact) mass is 387 g/mol. The smallest absolute Gasteiger partial charge is 0.387 e. The van der Waals surface area contributed by atoms with Crippen LogP contribution in [0.4, 0.5) is 8.78 Å². The van der Waals surface area contributed by atoms with Gasteiger partial charge in [-0.2, -0.15) is 8.78 Å². The van der Waals surface area contributed by atoms with E-state index in [0.717, 1.165) is 44.7 Å². The van der Waals surface area contributed by atoms with Crippen molar-refractivity contribution < 1.29 is 23.0 Å². The van der Waals surface area contributed by atoms with Gasteiger partial charge in [0, 0.05) is 26.3 Å². The molecule has 27 heavy (non-hydrogen) atoms. The van der Waals surface area contributed by atoms with Crippen LogP contribution < -0.4 is 20.1 Å². The lowest BCUT2D eigenvalue weighted by molar-refractivity contribution is -0.0514. The topological polar surface area (TPSA) is 64.1 Å². The molecular weight excluding hydrogens is 356 g/mol. The zero-order valence-electron chi connectivity index (χ0n) is 16.4. The molecular formula is C19H31F2N3O3. The fraction of sp³-hybridized carbons (Fsp3) is 0.632. The molecule has 0 heterocycles. The van der Waals surface area contributed by atoms with E-state index in [9.17, 15) is 8.78 Å². The fourth-order valence-electron chi connectivity index (χ4n) is 2.30. The molecule has 0 aromatic heterocycles. The average Bonchev–Trinajstić information content (AvgIpc) is 2.64. The Bertz CT molecular complexity index is 557. The number of hydrogen-bond acceptors (Lipinski definition) is 4. The molecule has 1 aromatic rings. The Morgan fingerprint density at radius 1 is 1.07 bits per heavy atom. The second-order valence-electron chi connectivity index (χ2n) is 5.62. The number of nitrogens with zero attached hydrogens (tertiary/aromatic N) is 1. The molecule has 1 rings (SSSR count). The van der Waals surface area contributed by atoms with Crippen LogP contribution >= 0.6 is 0 Å². The first-order valence-electron chi connectivity index (χ1n) is 9.41. The molecule has 0 radical (unpaired) electrons. The van der Waals surface area contributed by atoms with Gasteiger partial charge in [-0.05, 0) is 51.3 Å². The molecule has 0 saturated carbocycles. The van der Waals surface area contributed by atoms with Crippen molar-refractivity contribution in [3.63, 3.8) is 0 Å². The third-order valence-corrected chi connectivity index (χ3v) is 3.50. The largest absolute Gasteiger partial charge is 0.490 e. The minimum absolute atomic E-state index is 0.0268. The van der Waals surface area contributed by atoms with E-state index in [2.05, 4.69) is 20.4 Å². The van der Waals surface area contributed by atoms with E-state index < -0.39 is 6.61 Å². The number of halogens is 2. The van der Waals surface area contributed by atoms with Gasteiger partial charge in [0.25, 0.3) is 0 Å². The molecule has 0 spiro atoms. The second kappa shape index (κ2) is 14.0. The molecule has 6 nitrogen and oxygen atoms in total. The summed E-state index contributed by atoms with van der Waals surface area (Å²) in [5.41, 5.74) is 0.841. The zero-order valence-corrected chi connectivity index (χ0v) is 16.4. The van der Waals surface area contributed by atoms with E-state index in [-0.39, 0.29) is 5.75 Å². The summed E-state index contributed by atoms with van der Waals surface area (Å²) in [4.78, 5) is 4.53. The van der Waals surface area contributed by atoms with Gasteiger partial charge < -0.3 is 24.8 Å². The second-order valence-corrected chi connectivity index (χ2v) is 5.62. The molecule has 0 aliphatic heterocycles. The third kappa shape index (κ3) is 9.98. The maximum absolute atomic E-state index is 12.5. The van der Waals surface area contributed by atoms with Gasteiger partial charge >= 0.3 is 6.61 Å². The van der Waals surface area contributed by atoms with Crippen molar-refractivity contribution in [3.05, 3.63) is 23.8 Å². The Morgan fingerprint density at radius 3 is 2.56 bits per heavy atom. The summed E-state index contributed by atoms with van der Waals surface area (Å²) in [6, 6.07) is 4.86. The highest BCUT2D eigenvalue weighted by molar-refractivity contribution is 5.79. The maximum Gasteiger partial charge on any atom is 0.387 e. The van der Waals surface area contributed by atoms with Gasteiger partial charge in [-0.1, -0.05) is 6.07 Å². The van der Waals surface area contributed by atoms with Crippen molar-refractivity contribution in [1.29, 1.82) is 0 Å². The third-order valence-electron chi connectivity index (χ3n) is 3.50. The Balaban J connectivity index is 2.64. The van der Waals surface area contributed by atoms with Crippen LogP contribution in [0.15, 0.2) is 23.2 Å². The number of guanidine groups is 1. The summed E-state index contributed by atoms with van der Waals surface area (Å²) in [5, 5.41) is 6.46. The Labute approximate surface area is 160 Å². The Kier molecular flexibility index (Phi) is 11.9. The number of aliphatic imine (C=N–C) groups is 1. The summed E-state index contributed by atoms with van der Waals surface area (Å²) < 4.78 is 40.1. The molecule has 0 aliphatic rings. The first-order valence-corrected chi connectivity index (χ1v) is 9.41. The molecule has 0 aliphatic carbocycles. The van der Waals surface area contributed by atoms with Gasteiger partial charge in [0.05, 0.1) is 13.2 Å². The summed E-state index contributed by atoms with van der Waals surface area (Å²) in [6.45, 7) is 6.67. The van der Waals surface area contributed by atoms with Gasteiger partial charge in [0.1, 0.15) is 0 Å². The van der Waals surface area contributed by atoms with Gasteiger partial charge in [-0.15, -0.1) is 0 Å². The molecule has 0 fully saturated rings. The average molecular weight is 387 g/mol. The lowest BCUT2D eigenvalue weighted by atomic mass is 10.2.